The van der Waals surface area contributed by atoms with Gasteiger partial charge in [0.1, 0.15) is 0 Å². The zero-order chi connectivity index (χ0) is 14.6. The van der Waals surface area contributed by atoms with Crippen LogP contribution in [0.5, 0.6) is 5.75 Å². The van der Waals surface area contributed by atoms with Crippen molar-refractivity contribution < 1.29 is 19.6 Å². The minimum absolute atomic E-state index is 0.0303. The Bertz CT molecular complexity index is 506. The fourth-order valence-corrected chi connectivity index (χ4v) is 1.67. The first-order valence-electron chi connectivity index (χ1n) is 5.33. The number of carbonyl (C=O) groups is 1. The largest absolute Gasteiger partial charge is 0.484 e. The molecule has 19 heavy (non-hydrogen) atoms. The Balaban J connectivity index is 2.90. The number of rotatable bonds is 6. The molecule has 6 nitrogen and oxygen atoms in total. The molecule has 0 saturated heterocycles. The minimum Gasteiger partial charge on any atom is -0.484 e. The molecule has 0 amide bonds. The molecule has 1 rings (SSSR count). The first-order chi connectivity index (χ1) is 8.81. The van der Waals surface area contributed by atoms with Gasteiger partial charge in [-0.1, -0.05) is 23.2 Å². The molecule has 1 unspecified atom stereocenters. The molecule has 1 atom stereocenters. The van der Waals surface area contributed by atoms with Crippen LogP contribution in [0.2, 0.25) is 10.0 Å². The van der Waals surface area contributed by atoms with Gasteiger partial charge in [0.2, 0.25) is 0 Å². The summed E-state index contributed by atoms with van der Waals surface area (Å²) in [5, 5.41) is 19.6. The monoisotopic (exact) mass is 307 g/mol. The van der Waals surface area contributed by atoms with Gasteiger partial charge < -0.3 is 9.84 Å². The van der Waals surface area contributed by atoms with Gasteiger partial charge in [-0.05, 0) is 13.3 Å². The average molecular weight is 308 g/mol. The number of hydrogen-bond donors (Lipinski definition) is 1. The molecule has 0 fully saturated rings. The predicted molar refractivity (Wildman–Crippen MR) is 70.1 cm³/mol. The smallest absolute Gasteiger partial charge is 0.312 e. The number of halogens is 2. The molecule has 0 aromatic heterocycles. The molecule has 0 aliphatic carbocycles. The molecule has 0 spiro atoms. The molecule has 0 radical (unpaired) electrons. The Hall–Kier alpha value is -1.53. The van der Waals surface area contributed by atoms with Crippen LogP contribution in [0.1, 0.15) is 19.8 Å². The van der Waals surface area contributed by atoms with Crippen molar-refractivity contribution in [1.29, 1.82) is 0 Å². The second-order valence-corrected chi connectivity index (χ2v) is 4.67. The van der Waals surface area contributed by atoms with E-state index in [-0.39, 0.29) is 34.3 Å². The molecule has 0 saturated carbocycles. The lowest BCUT2D eigenvalue weighted by molar-refractivity contribution is -0.386. The van der Waals surface area contributed by atoms with Crippen LogP contribution < -0.4 is 4.74 Å². The summed E-state index contributed by atoms with van der Waals surface area (Å²) in [4.78, 5) is 20.7. The van der Waals surface area contributed by atoms with Crippen molar-refractivity contribution in [3.05, 3.63) is 32.3 Å². The van der Waals surface area contributed by atoms with E-state index in [1.807, 2.05) is 0 Å². The van der Waals surface area contributed by atoms with Crippen LogP contribution >= 0.6 is 23.2 Å². The third-order valence-corrected chi connectivity index (χ3v) is 3.01. The number of ether oxygens (including phenoxy) is 1. The van der Waals surface area contributed by atoms with Crippen molar-refractivity contribution >= 4 is 34.9 Å². The zero-order valence-corrected chi connectivity index (χ0v) is 11.4. The van der Waals surface area contributed by atoms with E-state index in [0.717, 1.165) is 6.07 Å². The van der Waals surface area contributed by atoms with Crippen molar-refractivity contribution in [2.75, 3.05) is 0 Å². The van der Waals surface area contributed by atoms with Gasteiger partial charge in [0.25, 0.3) is 0 Å². The number of benzene rings is 1. The summed E-state index contributed by atoms with van der Waals surface area (Å²) in [6.07, 6.45) is -0.352. The molecule has 1 N–H and O–H groups in total. The van der Waals surface area contributed by atoms with Crippen LogP contribution in [0, 0.1) is 10.1 Å². The molecule has 0 heterocycles. The normalized spacial score (nSPS) is 11.9. The Morgan fingerprint density at radius 1 is 1.47 bits per heavy atom. The third kappa shape index (κ3) is 4.57. The molecule has 1 aromatic rings. The van der Waals surface area contributed by atoms with Gasteiger partial charge in [-0.3, -0.25) is 14.9 Å². The Labute approximate surface area is 119 Å². The van der Waals surface area contributed by atoms with E-state index in [1.165, 1.54) is 6.07 Å². The number of carboxylic acids is 1. The summed E-state index contributed by atoms with van der Waals surface area (Å²) in [7, 11) is 0. The van der Waals surface area contributed by atoms with Gasteiger partial charge in [0.05, 0.1) is 21.1 Å². The molecule has 1 aromatic carbocycles. The Morgan fingerprint density at radius 2 is 2.05 bits per heavy atom. The first kappa shape index (κ1) is 15.5. The maximum absolute atomic E-state index is 10.9. The van der Waals surface area contributed by atoms with Crippen LogP contribution in [0.25, 0.3) is 0 Å². The van der Waals surface area contributed by atoms with E-state index in [4.69, 9.17) is 33.0 Å². The number of hydrogen-bond acceptors (Lipinski definition) is 4. The van der Waals surface area contributed by atoms with Crippen molar-refractivity contribution in [2.24, 2.45) is 0 Å². The topological polar surface area (TPSA) is 89.7 Å². The summed E-state index contributed by atoms with van der Waals surface area (Å²) in [5.74, 6) is -0.989. The van der Waals surface area contributed by atoms with E-state index in [0.29, 0.717) is 0 Å². The highest BCUT2D eigenvalue weighted by Gasteiger charge is 2.20. The number of carboxylic acid groups (broad SMARTS) is 1. The highest BCUT2D eigenvalue weighted by atomic mass is 35.5. The molecule has 8 heteroatoms. The zero-order valence-electron chi connectivity index (χ0n) is 9.93. The van der Waals surface area contributed by atoms with E-state index in [1.54, 1.807) is 6.92 Å². The van der Waals surface area contributed by atoms with Gasteiger partial charge in [0.15, 0.2) is 5.75 Å². The van der Waals surface area contributed by atoms with Crippen LogP contribution in [0.15, 0.2) is 12.1 Å². The lowest BCUT2D eigenvalue weighted by Crippen LogP contribution is -2.14. The summed E-state index contributed by atoms with van der Waals surface area (Å²) in [5.41, 5.74) is -0.309. The summed E-state index contributed by atoms with van der Waals surface area (Å²) >= 11 is 11.5. The molecule has 0 bridgehead atoms. The fourth-order valence-electron chi connectivity index (χ4n) is 1.36. The number of nitro groups is 1. The van der Waals surface area contributed by atoms with Gasteiger partial charge in [-0.15, -0.1) is 0 Å². The van der Waals surface area contributed by atoms with Gasteiger partial charge >= 0.3 is 11.7 Å². The minimum atomic E-state index is -0.959. The second-order valence-electron chi connectivity index (χ2n) is 3.85. The lowest BCUT2D eigenvalue weighted by Gasteiger charge is -2.14. The highest BCUT2D eigenvalue weighted by Crippen LogP contribution is 2.36. The maximum Gasteiger partial charge on any atom is 0.312 e. The quantitative estimate of drug-likeness (QED) is 0.641. The van der Waals surface area contributed by atoms with E-state index in [9.17, 15) is 14.9 Å². The van der Waals surface area contributed by atoms with Crippen molar-refractivity contribution in [3.8, 4) is 5.75 Å². The molecule has 104 valence electrons. The third-order valence-electron chi connectivity index (χ3n) is 2.29. The van der Waals surface area contributed by atoms with Crippen molar-refractivity contribution in [2.45, 2.75) is 25.9 Å². The highest BCUT2D eigenvalue weighted by molar-refractivity contribution is 6.42. The van der Waals surface area contributed by atoms with E-state index >= 15 is 0 Å². The van der Waals surface area contributed by atoms with E-state index in [2.05, 4.69) is 0 Å². The Morgan fingerprint density at radius 3 is 2.58 bits per heavy atom. The summed E-state index contributed by atoms with van der Waals surface area (Å²) < 4.78 is 5.34. The lowest BCUT2D eigenvalue weighted by atomic mass is 10.2. The summed E-state index contributed by atoms with van der Waals surface area (Å²) in [6, 6.07) is 2.35. The van der Waals surface area contributed by atoms with Crippen LogP contribution in [0.4, 0.5) is 5.69 Å². The Kier molecular flexibility index (Phi) is 5.38. The molecule has 0 aliphatic heterocycles. The van der Waals surface area contributed by atoms with Crippen molar-refractivity contribution in [3.63, 3.8) is 0 Å². The maximum atomic E-state index is 10.9. The van der Waals surface area contributed by atoms with Crippen LogP contribution in [-0.2, 0) is 4.79 Å². The summed E-state index contributed by atoms with van der Waals surface area (Å²) in [6.45, 7) is 1.62. The fraction of sp³-hybridized carbons (Fsp3) is 0.364. The van der Waals surface area contributed by atoms with E-state index < -0.39 is 17.0 Å². The molecular formula is C11H11Cl2NO5. The second kappa shape index (κ2) is 6.58. The predicted octanol–water partition coefficient (Wildman–Crippen LogP) is 3.53. The number of nitrogens with zero attached hydrogens (tertiary/aromatic N) is 1. The van der Waals surface area contributed by atoms with Gasteiger partial charge in [0, 0.05) is 18.6 Å². The SMILES string of the molecule is CC(CCC(=O)O)Oc1cc(Cl)c(Cl)cc1[N+](=O)[O-]. The molecular weight excluding hydrogens is 297 g/mol. The van der Waals surface area contributed by atoms with Crippen LogP contribution in [0.3, 0.4) is 0 Å². The number of aliphatic carboxylic acids is 1. The first-order valence-corrected chi connectivity index (χ1v) is 6.08. The average Bonchev–Trinajstić information content (AvgIpc) is 2.30. The number of nitro benzene ring substituents is 1. The van der Waals surface area contributed by atoms with Gasteiger partial charge in [-0.2, -0.15) is 0 Å². The molecule has 0 aliphatic rings. The van der Waals surface area contributed by atoms with Crippen LogP contribution in [-0.4, -0.2) is 22.1 Å². The van der Waals surface area contributed by atoms with Gasteiger partial charge in [-0.25, -0.2) is 0 Å². The standard InChI is InChI=1S/C11H11Cl2NO5/c1-6(2-3-11(15)16)19-10-5-8(13)7(12)4-9(10)14(17)18/h4-6H,2-3H2,1H3,(H,15,16). The van der Waals surface area contributed by atoms with Crippen molar-refractivity contribution in [1.82, 2.24) is 0 Å².